The lowest BCUT2D eigenvalue weighted by molar-refractivity contribution is 0.0679. The van der Waals surface area contributed by atoms with Crippen LogP contribution in [0.2, 0.25) is 0 Å². The first-order valence-electron chi connectivity index (χ1n) is 13.6. The molecule has 42 heavy (non-hydrogen) atoms. The summed E-state index contributed by atoms with van der Waals surface area (Å²) in [6, 6.07) is -0.0512. The van der Waals surface area contributed by atoms with E-state index < -0.39 is 24.1 Å². The Kier molecular flexibility index (Phi) is 16.9. The van der Waals surface area contributed by atoms with Crippen molar-refractivity contribution in [2.75, 3.05) is 13.6 Å². The first-order chi connectivity index (χ1) is 19.8. The zero-order valence-corrected chi connectivity index (χ0v) is 26.4. The lowest BCUT2D eigenvalue weighted by Gasteiger charge is -2.34. The monoisotopic (exact) mass is 622 g/mol. The second-order valence-electron chi connectivity index (χ2n) is 10.4. The van der Waals surface area contributed by atoms with Crippen LogP contribution in [-0.4, -0.2) is 105 Å². The number of carboxylic acid groups (broad SMARTS) is 2. The smallest absolute Gasteiger partial charge is 0.355 e. The zero-order valence-electron chi connectivity index (χ0n) is 24.8. The Morgan fingerprint density at radius 3 is 1.62 bits per heavy atom. The minimum atomic E-state index is -1.11. The molecule has 0 fully saturated rings. The Morgan fingerprint density at radius 1 is 0.857 bits per heavy atom. The molecule has 0 aliphatic heterocycles. The molecule has 2 aromatic heterocycles. The standard InChI is InChI=1S/C14H22BN2O4S.C12H18BN2O4S/c1-4-5-17(15-8-18)11(9(2)3)6-12(19)13-16-10(7-22-13)14(20)21;1-7(2)9(15(3)13-6-16)4-10(17)11-14-8(5-20-11)12(18)19/h7-9,11-12,19H,4-6H2,1-3H3,(H,20,21);5-7,9-10,17H,4H2,1-3H3,(H,18,19)/t11-,12+;9-,10+/m11/s1. The van der Waals surface area contributed by atoms with E-state index in [9.17, 15) is 29.4 Å². The molecular formula is C26H40B2N4O8S2. The molecule has 4 atom stereocenters. The summed E-state index contributed by atoms with van der Waals surface area (Å²) >= 11 is 2.26. The van der Waals surface area contributed by atoms with Gasteiger partial charge < -0.3 is 39.6 Å². The molecule has 0 aliphatic carbocycles. The molecular weight excluding hydrogens is 582 g/mol. The number of hydrogen-bond acceptors (Lipinski definition) is 12. The molecule has 0 bridgehead atoms. The van der Waals surface area contributed by atoms with Gasteiger partial charge in [0.05, 0.1) is 12.4 Å². The van der Waals surface area contributed by atoms with Crippen LogP contribution in [-0.2, 0) is 9.59 Å². The van der Waals surface area contributed by atoms with Crippen molar-refractivity contribution in [3.05, 3.63) is 32.2 Å². The highest BCUT2D eigenvalue weighted by Crippen LogP contribution is 2.28. The Hall–Kier alpha value is -2.49. The molecule has 0 amide bonds. The molecule has 16 heteroatoms. The van der Waals surface area contributed by atoms with Gasteiger partial charge in [-0.15, -0.1) is 22.7 Å². The van der Waals surface area contributed by atoms with Crippen LogP contribution in [0.15, 0.2) is 10.8 Å². The van der Waals surface area contributed by atoms with E-state index in [1.165, 1.54) is 25.6 Å². The third kappa shape index (κ3) is 12.0. The van der Waals surface area contributed by atoms with Crippen LogP contribution in [0.25, 0.3) is 0 Å². The fourth-order valence-electron chi connectivity index (χ4n) is 4.33. The Morgan fingerprint density at radius 2 is 1.29 bits per heavy atom. The lowest BCUT2D eigenvalue weighted by Crippen LogP contribution is -2.43. The summed E-state index contributed by atoms with van der Waals surface area (Å²) in [5.41, 5.74) is -0.108. The Labute approximate surface area is 256 Å². The van der Waals surface area contributed by atoms with E-state index in [-0.39, 0.29) is 35.3 Å². The minimum Gasteiger partial charge on any atom is -0.476 e. The van der Waals surface area contributed by atoms with Gasteiger partial charge in [0.2, 0.25) is 0 Å². The second kappa shape index (κ2) is 18.9. The lowest BCUT2D eigenvalue weighted by atomic mass is 9.85. The van der Waals surface area contributed by atoms with E-state index in [0.29, 0.717) is 29.0 Å². The van der Waals surface area contributed by atoms with Gasteiger partial charge in [-0.1, -0.05) is 34.6 Å². The van der Waals surface area contributed by atoms with Crippen LogP contribution in [0.4, 0.5) is 0 Å². The van der Waals surface area contributed by atoms with E-state index in [1.807, 2.05) is 39.4 Å². The van der Waals surface area contributed by atoms with E-state index in [1.54, 1.807) is 11.9 Å². The minimum absolute atomic E-state index is 0.0164. The van der Waals surface area contributed by atoms with Crippen molar-refractivity contribution in [1.29, 1.82) is 0 Å². The summed E-state index contributed by atoms with van der Waals surface area (Å²) in [5, 5.41) is 41.8. The molecule has 4 N–H and O–H groups in total. The molecule has 230 valence electrons. The number of aromatic carboxylic acids is 2. The third-order valence-corrected chi connectivity index (χ3v) is 8.39. The number of carbonyl (C=O) groups is 4. The molecule has 0 aromatic carbocycles. The average molecular weight is 622 g/mol. The first kappa shape index (κ1) is 37.5. The average Bonchev–Trinajstić information content (AvgIpc) is 3.61. The topological polar surface area (TPSA) is 181 Å². The number of thiazole rings is 2. The van der Waals surface area contributed by atoms with E-state index in [4.69, 9.17) is 10.2 Å². The Bertz CT molecular complexity index is 1130. The summed E-state index contributed by atoms with van der Waals surface area (Å²) in [7, 11) is 4.70. The van der Waals surface area contributed by atoms with Crippen molar-refractivity contribution < 1.29 is 39.6 Å². The highest BCUT2D eigenvalue weighted by Gasteiger charge is 2.27. The van der Waals surface area contributed by atoms with Crippen LogP contribution in [0.1, 0.15) is 97.1 Å². The Balaban J connectivity index is 0.000000422. The molecule has 0 saturated carbocycles. The van der Waals surface area contributed by atoms with E-state index >= 15 is 0 Å². The maximum Gasteiger partial charge on any atom is 0.355 e. The number of rotatable bonds is 18. The van der Waals surface area contributed by atoms with Gasteiger partial charge in [-0.2, -0.15) is 0 Å². The molecule has 0 unspecified atom stereocenters. The van der Waals surface area contributed by atoms with Gasteiger partial charge in [0.1, 0.15) is 22.2 Å². The molecule has 0 aliphatic rings. The summed E-state index contributed by atoms with van der Waals surface area (Å²) in [6.07, 6.45) is 1.44. The maximum absolute atomic E-state index is 10.9. The van der Waals surface area contributed by atoms with Crippen LogP contribution in [0, 0.1) is 11.8 Å². The molecule has 2 rings (SSSR count). The van der Waals surface area contributed by atoms with Crippen LogP contribution in [0.3, 0.4) is 0 Å². The van der Waals surface area contributed by atoms with Gasteiger partial charge in [-0.25, -0.2) is 19.6 Å². The van der Waals surface area contributed by atoms with Gasteiger partial charge in [-0.05, 0) is 44.7 Å². The fourth-order valence-corrected chi connectivity index (χ4v) is 5.91. The summed E-state index contributed by atoms with van der Waals surface area (Å²) < 4.78 is 0. The second-order valence-corrected chi connectivity index (χ2v) is 12.1. The van der Waals surface area contributed by atoms with Crippen molar-refractivity contribution in [1.82, 2.24) is 19.6 Å². The highest BCUT2D eigenvalue weighted by molar-refractivity contribution is 7.10. The molecule has 2 aromatic rings. The predicted octanol–water partition coefficient (Wildman–Crippen LogP) is 2.84. The van der Waals surface area contributed by atoms with E-state index in [2.05, 4.69) is 9.97 Å². The van der Waals surface area contributed by atoms with Crippen molar-refractivity contribution >= 4 is 61.8 Å². The van der Waals surface area contributed by atoms with Crippen molar-refractivity contribution in [2.45, 2.75) is 78.2 Å². The van der Waals surface area contributed by atoms with Crippen LogP contribution < -0.4 is 0 Å². The van der Waals surface area contributed by atoms with Crippen LogP contribution in [0.5, 0.6) is 0 Å². The van der Waals surface area contributed by atoms with Crippen LogP contribution >= 0.6 is 22.7 Å². The number of aromatic nitrogens is 2. The number of nitrogens with zero attached hydrogens (tertiary/aromatic N) is 4. The highest BCUT2D eigenvalue weighted by atomic mass is 32.1. The van der Waals surface area contributed by atoms with E-state index in [0.717, 1.165) is 41.8 Å². The molecule has 0 spiro atoms. The number of aliphatic hydroxyl groups is 2. The van der Waals surface area contributed by atoms with Gasteiger partial charge in [0.25, 0.3) is 14.8 Å². The predicted molar refractivity (Wildman–Crippen MR) is 164 cm³/mol. The fraction of sp³-hybridized carbons (Fsp3) is 0.615. The van der Waals surface area contributed by atoms with Gasteiger partial charge >= 0.3 is 11.9 Å². The maximum atomic E-state index is 10.9. The molecule has 2 radical (unpaired) electrons. The summed E-state index contributed by atoms with van der Waals surface area (Å²) in [6.45, 7) is 10.8. The number of aliphatic hydroxyl groups excluding tert-OH is 2. The number of carboxylic acids is 2. The first-order valence-corrected chi connectivity index (χ1v) is 15.3. The van der Waals surface area contributed by atoms with Gasteiger partial charge in [0.15, 0.2) is 11.4 Å². The molecule has 2 heterocycles. The molecule has 0 saturated heterocycles. The largest absolute Gasteiger partial charge is 0.476 e. The third-order valence-electron chi connectivity index (χ3n) is 6.50. The van der Waals surface area contributed by atoms with Crippen molar-refractivity contribution in [2.24, 2.45) is 11.8 Å². The number of carbonyl (C=O) groups excluding carboxylic acids is 2. The van der Waals surface area contributed by atoms with Crippen molar-refractivity contribution in [3.8, 4) is 0 Å². The summed E-state index contributed by atoms with van der Waals surface area (Å²) in [5.74, 6) is -1.75. The van der Waals surface area contributed by atoms with Gasteiger partial charge in [0, 0.05) is 22.8 Å². The van der Waals surface area contributed by atoms with Crippen molar-refractivity contribution in [3.63, 3.8) is 0 Å². The normalized spacial score (nSPS) is 14.2. The molecule has 12 nitrogen and oxygen atoms in total. The quantitative estimate of drug-likeness (QED) is 0.141. The zero-order chi connectivity index (χ0) is 32.0. The van der Waals surface area contributed by atoms with Gasteiger partial charge in [-0.3, -0.25) is 0 Å². The SMILES string of the molecule is CC(C)[C@@H](C[C@H](O)c1nc(C(=O)O)cs1)N(C)[B]C=O.CCCN([B]C=O)[C@H](C[C@H](O)c1nc(C(=O)O)cs1)C(C)C. The number of hydrogen-bond donors (Lipinski definition) is 4. The summed E-state index contributed by atoms with van der Waals surface area (Å²) in [4.78, 5) is 54.5.